The Labute approximate surface area is 147 Å². The van der Waals surface area contributed by atoms with E-state index in [1.807, 2.05) is 18.2 Å². The number of carbonyl (C=O) groups excluding carboxylic acids is 1. The second-order valence-electron chi connectivity index (χ2n) is 6.98. The summed E-state index contributed by atoms with van der Waals surface area (Å²) in [6.07, 6.45) is 13.0. The summed E-state index contributed by atoms with van der Waals surface area (Å²) in [5.74, 6) is 1.21. The van der Waals surface area contributed by atoms with Crippen LogP contribution < -0.4 is 0 Å². The summed E-state index contributed by atoms with van der Waals surface area (Å²) in [7, 11) is 0. The predicted molar refractivity (Wildman–Crippen MR) is 99.8 cm³/mol. The van der Waals surface area contributed by atoms with Crippen molar-refractivity contribution < 1.29 is 9.53 Å². The molecule has 1 aliphatic carbocycles. The molecule has 0 radical (unpaired) electrons. The minimum Gasteiger partial charge on any atom is -0.376 e. The van der Waals surface area contributed by atoms with Crippen LogP contribution in [0.5, 0.6) is 0 Å². The quantitative estimate of drug-likeness (QED) is 0.599. The molecule has 0 saturated carbocycles. The van der Waals surface area contributed by atoms with Gasteiger partial charge in [0.15, 0.2) is 0 Å². The van der Waals surface area contributed by atoms with Crippen molar-refractivity contribution in [2.45, 2.75) is 64.9 Å². The van der Waals surface area contributed by atoms with E-state index >= 15 is 0 Å². The maximum absolute atomic E-state index is 12.3. The fourth-order valence-corrected chi connectivity index (χ4v) is 3.42. The van der Waals surface area contributed by atoms with Crippen LogP contribution in [0.1, 0.15) is 63.9 Å². The van der Waals surface area contributed by atoms with Crippen molar-refractivity contribution in [1.82, 2.24) is 0 Å². The average molecular weight is 328 g/mol. The lowest BCUT2D eigenvalue weighted by atomic mass is 9.83. The maximum atomic E-state index is 12.3. The van der Waals surface area contributed by atoms with Crippen molar-refractivity contribution in [1.29, 1.82) is 0 Å². The van der Waals surface area contributed by atoms with Crippen molar-refractivity contribution in [3.8, 4) is 0 Å². The van der Waals surface area contributed by atoms with Crippen LogP contribution in [0.15, 0.2) is 42.5 Å². The van der Waals surface area contributed by atoms with Gasteiger partial charge in [0, 0.05) is 12.8 Å². The van der Waals surface area contributed by atoms with Gasteiger partial charge in [-0.05, 0) is 43.1 Å². The minimum atomic E-state index is 0.321. The van der Waals surface area contributed by atoms with Crippen LogP contribution in [0.4, 0.5) is 0 Å². The van der Waals surface area contributed by atoms with Gasteiger partial charge >= 0.3 is 0 Å². The topological polar surface area (TPSA) is 26.3 Å². The molecule has 0 spiro atoms. The van der Waals surface area contributed by atoms with E-state index in [9.17, 15) is 4.79 Å². The van der Waals surface area contributed by atoms with Crippen LogP contribution in [0.2, 0.25) is 0 Å². The van der Waals surface area contributed by atoms with Gasteiger partial charge < -0.3 is 4.74 Å². The highest BCUT2D eigenvalue weighted by Crippen LogP contribution is 2.27. The normalized spacial score (nSPS) is 23.8. The molecule has 2 nitrogen and oxygen atoms in total. The summed E-state index contributed by atoms with van der Waals surface area (Å²) >= 11 is 0. The second-order valence-corrected chi connectivity index (χ2v) is 6.98. The Morgan fingerprint density at radius 2 is 2.00 bits per heavy atom. The van der Waals surface area contributed by atoms with Crippen LogP contribution in [-0.2, 0) is 16.1 Å². The highest BCUT2D eigenvalue weighted by atomic mass is 16.5. The molecule has 0 saturated heterocycles. The Morgan fingerprint density at radius 1 is 1.17 bits per heavy atom. The highest BCUT2D eigenvalue weighted by Gasteiger charge is 2.22. The van der Waals surface area contributed by atoms with Crippen molar-refractivity contribution in [2.24, 2.45) is 11.8 Å². The number of Topliss-reactive ketones (excluding diaryl/α,β-unsaturated/α-hetero) is 1. The minimum absolute atomic E-state index is 0.321. The maximum Gasteiger partial charge on any atom is 0.133 e. The molecule has 0 heterocycles. The highest BCUT2D eigenvalue weighted by molar-refractivity contribution is 5.78. The van der Waals surface area contributed by atoms with E-state index < -0.39 is 0 Å². The van der Waals surface area contributed by atoms with Gasteiger partial charge in [0.05, 0.1) is 13.2 Å². The van der Waals surface area contributed by atoms with Crippen LogP contribution >= 0.6 is 0 Å². The third-order valence-corrected chi connectivity index (χ3v) is 4.89. The number of unbranched alkanes of at least 4 members (excludes halogenated alkanes) is 1. The van der Waals surface area contributed by atoms with E-state index in [-0.39, 0.29) is 0 Å². The summed E-state index contributed by atoms with van der Waals surface area (Å²) in [6, 6.07) is 10.3. The molecule has 0 aromatic heterocycles. The van der Waals surface area contributed by atoms with Crippen molar-refractivity contribution in [2.75, 3.05) is 6.61 Å². The van der Waals surface area contributed by atoms with E-state index in [0.29, 0.717) is 37.3 Å². The first-order valence-electron chi connectivity index (χ1n) is 9.59. The third kappa shape index (κ3) is 7.00. The number of allylic oxidation sites excluding steroid dienone is 2. The van der Waals surface area contributed by atoms with Gasteiger partial charge in [0.25, 0.3) is 0 Å². The summed E-state index contributed by atoms with van der Waals surface area (Å²) in [4.78, 5) is 12.3. The summed E-state index contributed by atoms with van der Waals surface area (Å²) in [5.41, 5.74) is 1.20. The van der Waals surface area contributed by atoms with E-state index in [1.54, 1.807) is 0 Å². The Hall–Kier alpha value is -1.41. The number of carbonyl (C=O) groups is 1. The molecule has 0 amide bonds. The number of rotatable bonds is 7. The molecule has 132 valence electrons. The lowest BCUT2D eigenvalue weighted by molar-refractivity contribution is -0.121. The molecule has 1 unspecified atom stereocenters. The number of benzene rings is 1. The van der Waals surface area contributed by atoms with E-state index in [0.717, 1.165) is 25.7 Å². The molecular formula is C22H32O2. The number of ether oxygens (including phenoxy) is 1. The zero-order valence-corrected chi connectivity index (χ0v) is 15.1. The number of ketones is 1. The number of hydrogen-bond acceptors (Lipinski definition) is 2. The van der Waals surface area contributed by atoms with Crippen molar-refractivity contribution >= 4 is 5.78 Å². The molecule has 1 aromatic rings. The van der Waals surface area contributed by atoms with Gasteiger partial charge in [-0.1, -0.05) is 62.2 Å². The standard InChI is InChI=1S/C22H32O2/c1-2-3-13-20-14-9-4-5-10-15-22(23)16-21(20)18-24-17-19-11-7-6-8-12-19/h6-9,11-12,14,20-21H,2-5,10,13,15-18H2,1H3/b14-9-/t20-,21?/m1/s1. The predicted octanol–water partition coefficient (Wildman–Crippen LogP) is 5.72. The fourth-order valence-electron chi connectivity index (χ4n) is 3.42. The smallest absolute Gasteiger partial charge is 0.133 e. The lowest BCUT2D eigenvalue weighted by Gasteiger charge is -2.25. The first-order chi connectivity index (χ1) is 11.8. The van der Waals surface area contributed by atoms with Gasteiger partial charge in [-0.3, -0.25) is 4.79 Å². The van der Waals surface area contributed by atoms with E-state index in [4.69, 9.17) is 4.74 Å². The zero-order valence-electron chi connectivity index (χ0n) is 15.1. The molecule has 2 atom stereocenters. The molecule has 1 aliphatic rings. The Balaban J connectivity index is 1.96. The van der Waals surface area contributed by atoms with Crippen molar-refractivity contribution in [3.63, 3.8) is 0 Å². The molecule has 2 rings (SSSR count). The fraction of sp³-hybridized carbons (Fsp3) is 0.591. The van der Waals surface area contributed by atoms with Crippen LogP contribution in [-0.4, -0.2) is 12.4 Å². The second kappa shape index (κ2) is 11.2. The van der Waals surface area contributed by atoms with Gasteiger partial charge in [0.1, 0.15) is 5.78 Å². The van der Waals surface area contributed by atoms with Gasteiger partial charge in [0.2, 0.25) is 0 Å². The van der Waals surface area contributed by atoms with Gasteiger partial charge in [-0.25, -0.2) is 0 Å². The van der Waals surface area contributed by atoms with E-state index in [2.05, 4.69) is 31.2 Å². The Morgan fingerprint density at radius 3 is 2.79 bits per heavy atom. The molecular weight excluding hydrogens is 296 g/mol. The molecule has 0 bridgehead atoms. The zero-order chi connectivity index (χ0) is 17.0. The van der Waals surface area contributed by atoms with Crippen LogP contribution in [0.3, 0.4) is 0 Å². The van der Waals surface area contributed by atoms with Crippen LogP contribution in [0.25, 0.3) is 0 Å². The monoisotopic (exact) mass is 328 g/mol. The molecule has 0 fully saturated rings. The SMILES string of the molecule is CCCC[C@@H]1/C=C\CCCCC(=O)CC1COCc1ccccc1. The molecule has 1 aromatic carbocycles. The van der Waals surface area contributed by atoms with Gasteiger partial charge in [-0.2, -0.15) is 0 Å². The Bertz CT molecular complexity index is 492. The summed E-state index contributed by atoms with van der Waals surface area (Å²) in [5, 5.41) is 0. The summed E-state index contributed by atoms with van der Waals surface area (Å²) in [6.45, 7) is 3.55. The average Bonchev–Trinajstić information content (AvgIpc) is 2.60. The molecule has 0 N–H and O–H groups in total. The number of hydrogen-bond donors (Lipinski definition) is 0. The first kappa shape index (κ1) is 18.9. The molecule has 24 heavy (non-hydrogen) atoms. The molecule has 0 aliphatic heterocycles. The largest absolute Gasteiger partial charge is 0.376 e. The first-order valence-corrected chi connectivity index (χ1v) is 9.59. The summed E-state index contributed by atoms with van der Waals surface area (Å²) < 4.78 is 6.00. The lowest BCUT2D eigenvalue weighted by Crippen LogP contribution is -2.23. The van der Waals surface area contributed by atoms with Crippen molar-refractivity contribution in [3.05, 3.63) is 48.0 Å². The Kier molecular flexibility index (Phi) is 8.83. The molecule has 2 heteroatoms. The third-order valence-electron chi connectivity index (χ3n) is 4.89. The van der Waals surface area contributed by atoms with E-state index in [1.165, 1.54) is 24.8 Å². The van der Waals surface area contributed by atoms with Gasteiger partial charge in [-0.15, -0.1) is 0 Å². The van der Waals surface area contributed by atoms with Crippen LogP contribution in [0, 0.1) is 11.8 Å².